The molecule has 2 aliphatic rings. The van der Waals surface area contributed by atoms with Crippen molar-refractivity contribution in [1.82, 2.24) is 0 Å². The molecule has 2 bridgehead atoms. The number of aliphatic carboxylic acids is 1. The highest BCUT2D eigenvalue weighted by Crippen LogP contribution is 2.44. The van der Waals surface area contributed by atoms with Gasteiger partial charge in [-0.05, 0) is 31.9 Å². The van der Waals surface area contributed by atoms with Crippen LogP contribution in [0.5, 0.6) is 5.75 Å². The van der Waals surface area contributed by atoms with E-state index in [1.165, 1.54) is 0 Å². The smallest absolute Gasteiger partial charge is 0.230 e. The summed E-state index contributed by atoms with van der Waals surface area (Å²) in [7, 11) is 0. The molecule has 6 heteroatoms. The molecule has 1 amide bonds. The van der Waals surface area contributed by atoms with Crippen molar-refractivity contribution >= 4 is 17.6 Å². The minimum Gasteiger partial charge on any atom is -0.550 e. The SMILES string of the molecule is CCOc1ccccc1NC(=O)[C@@H]1[C@@H](C(=O)[O-])[C@H]2CC[C@@H]1O2. The predicted molar refractivity (Wildman–Crippen MR) is 76.1 cm³/mol. The van der Waals surface area contributed by atoms with Crippen molar-refractivity contribution in [3.8, 4) is 5.75 Å². The van der Waals surface area contributed by atoms with E-state index in [2.05, 4.69) is 5.32 Å². The van der Waals surface area contributed by atoms with E-state index < -0.39 is 23.9 Å². The van der Waals surface area contributed by atoms with E-state index in [0.29, 0.717) is 30.9 Å². The predicted octanol–water partition coefficient (Wildman–Crippen LogP) is 0.567. The summed E-state index contributed by atoms with van der Waals surface area (Å²) >= 11 is 0. The van der Waals surface area contributed by atoms with Crippen LogP contribution in [0.25, 0.3) is 0 Å². The van der Waals surface area contributed by atoms with Crippen molar-refractivity contribution in [3.05, 3.63) is 24.3 Å². The molecular weight excluding hydrogens is 286 g/mol. The van der Waals surface area contributed by atoms with Crippen LogP contribution in [0.2, 0.25) is 0 Å². The highest BCUT2D eigenvalue weighted by molar-refractivity contribution is 5.97. The molecule has 1 aromatic rings. The van der Waals surface area contributed by atoms with Crippen LogP contribution in [0.4, 0.5) is 5.69 Å². The number of hydrogen-bond acceptors (Lipinski definition) is 5. The number of carbonyl (C=O) groups is 2. The van der Waals surface area contributed by atoms with Gasteiger partial charge in [0.25, 0.3) is 0 Å². The van der Waals surface area contributed by atoms with Crippen molar-refractivity contribution in [2.24, 2.45) is 11.8 Å². The molecule has 0 unspecified atom stereocenters. The Hall–Kier alpha value is -2.08. The highest BCUT2D eigenvalue weighted by Gasteiger charge is 2.52. The molecule has 118 valence electrons. The molecule has 0 aliphatic carbocycles. The number of carboxylic acids is 1. The number of ether oxygens (including phenoxy) is 2. The minimum absolute atomic E-state index is 0.341. The van der Waals surface area contributed by atoms with Crippen molar-refractivity contribution < 1.29 is 24.2 Å². The van der Waals surface area contributed by atoms with Crippen LogP contribution in [0.1, 0.15) is 19.8 Å². The van der Waals surface area contributed by atoms with Gasteiger partial charge >= 0.3 is 0 Å². The number of nitrogens with one attached hydrogen (secondary N) is 1. The van der Waals surface area contributed by atoms with Gasteiger partial charge < -0.3 is 24.7 Å². The number of benzene rings is 1. The number of carbonyl (C=O) groups excluding carboxylic acids is 2. The molecule has 2 aliphatic heterocycles. The zero-order valence-corrected chi connectivity index (χ0v) is 12.3. The Morgan fingerprint density at radius 2 is 1.95 bits per heavy atom. The third-order valence-corrected chi connectivity index (χ3v) is 4.29. The first kappa shape index (κ1) is 14.8. The molecule has 2 heterocycles. The summed E-state index contributed by atoms with van der Waals surface area (Å²) in [5.41, 5.74) is 0.536. The highest BCUT2D eigenvalue weighted by atomic mass is 16.5. The normalized spacial score (nSPS) is 29.3. The second-order valence-corrected chi connectivity index (χ2v) is 5.58. The second kappa shape index (κ2) is 5.96. The summed E-state index contributed by atoms with van der Waals surface area (Å²) in [5.74, 6) is -2.59. The summed E-state index contributed by atoms with van der Waals surface area (Å²) in [5, 5.41) is 14.1. The molecule has 0 aromatic heterocycles. The molecule has 1 N–H and O–H groups in total. The van der Waals surface area contributed by atoms with Crippen molar-refractivity contribution in [2.75, 3.05) is 11.9 Å². The summed E-state index contributed by atoms with van der Waals surface area (Å²) in [6.45, 7) is 2.33. The molecule has 1 aromatic carbocycles. The van der Waals surface area contributed by atoms with Gasteiger partial charge in [-0.15, -0.1) is 0 Å². The van der Waals surface area contributed by atoms with Gasteiger partial charge in [-0.1, -0.05) is 12.1 Å². The van der Waals surface area contributed by atoms with Crippen LogP contribution in [-0.4, -0.2) is 30.7 Å². The zero-order valence-electron chi connectivity index (χ0n) is 12.3. The zero-order chi connectivity index (χ0) is 15.7. The van der Waals surface area contributed by atoms with Gasteiger partial charge in [0.2, 0.25) is 5.91 Å². The molecule has 0 radical (unpaired) electrons. The topological polar surface area (TPSA) is 87.7 Å². The van der Waals surface area contributed by atoms with Gasteiger partial charge in [-0.25, -0.2) is 0 Å². The van der Waals surface area contributed by atoms with Crippen LogP contribution in [0.15, 0.2) is 24.3 Å². The van der Waals surface area contributed by atoms with Gasteiger partial charge in [-0.2, -0.15) is 0 Å². The van der Waals surface area contributed by atoms with Gasteiger partial charge in [0.1, 0.15) is 5.75 Å². The Bertz CT molecular complexity index is 588. The average molecular weight is 304 g/mol. The summed E-state index contributed by atoms with van der Waals surface area (Å²) in [6, 6.07) is 7.08. The average Bonchev–Trinajstić information content (AvgIpc) is 3.10. The molecule has 0 spiro atoms. The fourth-order valence-electron chi connectivity index (χ4n) is 3.38. The first-order chi connectivity index (χ1) is 10.6. The first-order valence-electron chi connectivity index (χ1n) is 7.50. The number of carboxylic acid groups (broad SMARTS) is 1. The van der Waals surface area contributed by atoms with Gasteiger partial charge in [0.15, 0.2) is 0 Å². The third-order valence-electron chi connectivity index (χ3n) is 4.29. The Balaban J connectivity index is 1.78. The molecule has 4 atom stereocenters. The quantitative estimate of drug-likeness (QED) is 0.859. The molecule has 2 fully saturated rings. The van der Waals surface area contributed by atoms with E-state index in [9.17, 15) is 14.7 Å². The number of rotatable bonds is 5. The molecular formula is C16H18NO5-. The van der Waals surface area contributed by atoms with Gasteiger partial charge in [0, 0.05) is 11.9 Å². The van der Waals surface area contributed by atoms with Crippen molar-refractivity contribution in [2.45, 2.75) is 32.0 Å². The lowest BCUT2D eigenvalue weighted by molar-refractivity contribution is -0.313. The van der Waals surface area contributed by atoms with Crippen LogP contribution >= 0.6 is 0 Å². The molecule has 3 rings (SSSR count). The Morgan fingerprint density at radius 1 is 1.27 bits per heavy atom. The van der Waals surface area contributed by atoms with Gasteiger partial charge in [-0.3, -0.25) is 4.79 Å². The van der Waals surface area contributed by atoms with E-state index in [1.807, 2.05) is 13.0 Å². The van der Waals surface area contributed by atoms with Crippen LogP contribution in [0, 0.1) is 11.8 Å². The minimum atomic E-state index is -1.22. The first-order valence-corrected chi connectivity index (χ1v) is 7.50. The van der Waals surface area contributed by atoms with E-state index in [1.54, 1.807) is 18.2 Å². The third kappa shape index (κ3) is 2.54. The summed E-state index contributed by atoms with van der Waals surface area (Å²) in [6.07, 6.45) is 0.627. The Kier molecular flexibility index (Phi) is 4.02. The van der Waals surface area contributed by atoms with E-state index in [4.69, 9.17) is 9.47 Å². The Morgan fingerprint density at radius 3 is 2.64 bits per heavy atom. The van der Waals surface area contributed by atoms with Crippen molar-refractivity contribution in [1.29, 1.82) is 0 Å². The standard InChI is InChI=1S/C16H19NO5/c1-2-21-10-6-4-3-5-9(10)17-15(18)13-11-7-8-12(22-11)14(13)16(19)20/h3-6,11-14H,2,7-8H2,1H3,(H,17,18)(H,19,20)/p-1/t11-,12+,13-,14-/m0/s1. The number of anilines is 1. The van der Waals surface area contributed by atoms with E-state index >= 15 is 0 Å². The number of para-hydroxylation sites is 2. The van der Waals surface area contributed by atoms with E-state index in [0.717, 1.165) is 0 Å². The monoisotopic (exact) mass is 304 g/mol. The van der Waals surface area contributed by atoms with E-state index in [-0.39, 0.29) is 12.0 Å². The fourth-order valence-corrected chi connectivity index (χ4v) is 3.38. The summed E-state index contributed by atoms with van der Waals surface area (Å²) < 4.78 is 11.0. The molecule has 0 saturated carbocycles. The van der Waals surface area contributed by atoms with Crippen molar-refractivity contribution in [3.63, 3.8) is 0 Å². The second-order valence-electron chi connectivity index (χ2n) is 5.58. The van der Waals surface area contributed by atoms with Crippen LogP contribution < -0.4 is 15.2 Å². The lowest BCUT2D eigenvalue weighted by Gasteiger charge is -2.27. The molecule has 22 heavy (non-hydrogen) atoms. The van der Waals surface area contributed by atoms with Crippen LogP contribution in [-0.2, 0) is 14.3 Å². The van der Waals surface area contributed by atoms with Crippen LogP contribution in [0.3, 0.4) is 0 Å². The largest absolute Gasteiger partial charge is 0.550 e. The lowest BCUT2D eigenvalue weighted by atomic mass is 9.78. The maximum atomic E-state index is 12.5. The molecule has 6 nitrogen and oxygen atoms in total. The fraction of sp³-hybridized carbons (Fsp3) is 0.500. The molecule has 2 saturated heterocycles. The number of fused-ring (bicyclic) bond motifs is 2. The summed E-state index contributed by atoms with van der Waals surface area (Å²) in [4.78, 5) is 23.9. The number of amides is 1. The van der Waals surface area contributed by atoms with Gasteiger partial charge in [0.05, 0.1) is 30.4 Å². The lowest BCUT2D eigenvalue weighted by Crippen LogP contribution is -2.46. The maximum Gasteiger partial charge on any atom is 0.230 e. The number of hydrogen-bond donors (Lipinski definition) is 1. The maximum absolute atomic E-state index is 12.5. The Labute approximate surface area is 128 Å².